The lowest BCUT2D eigenvalue weighted by Crippen LogP contribution is -2.34. The van der Waals surface area contributed by atoms with E-state index in [1.807, 2.05) is 0 Å². The summed E-state index contributed by atoms with van der Waals surface area (Å²) in [7, 11) is 0. The van der Waals surface area contributed by atoms with Crippen molar-refractivity contribution in [1.82, 2.24) is 14.1 Å². The van der Waals surface area contributed by atoms with Gasteiger partial charge in [-0.2, -0.15) is 13.2 Å². The fourth-order valence-electron chi connectivity index (χ4n) is 4.18. The van der Waals surface area contributed by atoms with Gasteiger partial charge in [0.05, 0.1) is 27.7 Å². The maximum absolute atomic E-state index is 14.2. The standard InChI is InChI=1S/C24H15F4N3O4S/c1-11-2-3-12(6-16(11)25)8-30-18-5-4-13(24(26,27)28)7-14(18)19(20(30)22(33)34)31-21(32)15-9-36-10-17(15)29-23(31)35/h2-7,9-10H,8H2,1H3,(H,29,35)(H,33,34). The minimum Gasteiger partial charge on any atom is -0.477 e. The molecule has 5 aromatic rings. The molecule has 0 fully saturated rings. The number of halogens is 4. The monoisotopic (exact) mass is 517 g/mol. The molecule has 0 bridgehead atoms. The zero-order valence-corrected chi connectivity index (χ0v) is 19.1. The molecular weight excluding hydrogens is 502 g/mol. The molecule has 0 amide bonds. The zero-order valence-electron chi connectivity index (χ0n) is 18.3. The topological polar surface area (TPSA) is 97.1 Å². The third-order valence-corrected chi connectivity index (χ3v) is 6.65. The molecule has 2 aromatic carbocycles. The smallest absolute Gasteiger partial charge is 0.416 e. The van der Waals surface area contributed by atoms with Crippen molar-refractivity contribution in [2.24, 2.45) is 0 Å². The second-order valence-corrected chi connectivity index (χ2v) is 8.92. The third-order valence-electron chi connectivity index (χ3n) is 5.91. The molecule has 0 aliphatic heterocycles. The Morgan fingerprint density at radius 1 is 1.08 bits per heavy atom. The summed E-state index contributed by atoms with van der Waals surface area (Å²) >= 11 is 1.12. The van der Waals surface area contributed by atoms with Gasteiger partial charge in [-0.3, -0.25) is 4.79 Å². The van der Waals surface area contributed by atoms with Gasteiger partial charge < -0.3 is 14.7 Å². The van der Waals surface area contributed by atoms with Crippen molar-refractivity contribution in [1.29, 1.82) is 0 Å². The van der Waals surface area contributed by atoms with Crippen LogP contribution in [0.5, 0.6) is 0 Å². The van der Waals surface area contributed by atoms with Crippen molar-refractivity contribution in [2.75, 3.05) is 0 Å². The summed E-state index contributed by atoms with van der Waals surface area (Å²) in [6.07, 6.45) is -4.77. The Labute approximate surface area is 202 Å². The summed E-state index contributed by atoms with van der Waals surface area (Å²) < 4.78 is 56.6. The van der Waals surface area contributed by atoms with E-state index in [9.17, 15) is 37.1 Å². The average molecular weight is 517 g/mol. The van der Waals surface area contributed by atoms with Crippen LogP contribution in [0.1, 0.15) is 27.2 Å². The highest BCUT2D eigenvalue weighted by Crippen LogP contribution is 2.36. The molecule has 0 aliphatic carbocycles. The van der Waals surface area contributed by atoms with Crippen LogP contribution in [0.25, 0.3) is 27.5 Å². The van der Waals surface area contributed by atoms with E-state index in [-0.39, 0.29) is 28.4 Å². The SMILES string of the molecule is Cc1ccc(Cn2c(C(=O)O)c(-n3c(=O)[nH]c4cscc4c3=O)c3cc(C(F)(F)F)ccc32)cc1F. The molecule has 0 unspecified atom stereocenters. The van der Waals surface area contributed by atoms with E-state index in [0.29, 0.717) is 21.8 Å². The lowest BCUT2D eigenvalue weighted by Gasteiger charge is -2.11. The number of hydrogen-bond acceptors (Lipinski definition) is 4. The van der Waals surface area contributed by atoms with Gasteiger partial charge in [-0.15, -0.1) is 11.3 Å². The maximum Gasteiger partial charge on any atom is 0.416 e. The van der Waals surface area contributed by atoms with Crippen LogP contribution in [-0.4, -0.2) is 25.2 Å². The first-order chi connectivity index (χ1) is 17.0. The molecule has 3 heterocycles. The van der Waals surface area contributed by atoms with Crippen molar-refractivity contribution < 1.29 is 27.5 Å². The average Bonchev–Trinajstić information content (AvgIpc) is 3.39. The van der Waals surface area contributed by atoms with Gasteiger partial charge in [-0.05, 0) is 42.3 Å². The molecule has 12 heteroatoms. The molecule has 3 aromatic heterocycles. The van der Waals surface area contributed by atoms with Gasteiger partial charge in [0.1, 0.15) is 5.82 Å². The van der Waals surface area contributed by atoms with Crippen LogP contribution in [0, 0.1) is 12.7 Å². The molecule has 36 heavy (non-hydrogen) atoms. The lowest BCUT2D eigenvalue weighted by atomic mass is 10.1. The Morgan fingerprint density at radius 3 is 2.50 bits per heavy atom. The van der Waals surface area contributed by atoms with Gasteiger partial charge in [0.25, 0.3) is 5.56 Å². The molecule has 0 saturated heterocycles. The Bertz CT molecular complexity index is 1810. The minimum atomic E-state index is -4.77. The first kappa shape index (κ1) is 23.5. The summed E-state index contributed by atoms with van der Waals surface area (Å²) in [5, 5.41) is 12.9. The maximum atomic E-state index is 14.2. The quantitative estimate of drug-likeness (QED) is 0.331. The number of nitrogens with zero attached hydrogens (tertiary/aromatic N) is 2. The molecule has 0 atom stereocenters. The third kappa shape index (κ3) is 3.70. The van der Waals surface area contributed by atoms with Crippen molar-refractivity contribution in [3.05, 3.63) is 96.2 Å². The summed E-state index contributed by atoms with van der Waals surface area (Å²) in [5.41, 5.74) is -3.14. The van der Waals surface area contributed by atoms with E-state index in [0.717, 1.165) is 28.0 Å². The number of aromatic amines is 1. The predicted octanol–water partition coefficient (Wildman–Crippen LogP) is 4.91. The number of aromatic carboxylic acids is 1. The predicted molar refractivity (Wildman–Crippen MR) is 126 cm³/mol. The summed E-state index contributed by atoms with van der Waals surface area (Å²) in [4.78, 5) is 41.1. The molecule has 7 nitrogen and oxygen atoms in total. The van der Waals surface area contributed by atoms with Gasteiger partial charge in [0, 0.05) is 22.7 Å². The normalized spacial score (nSPS) is 12.0. The van der Waals surface area contributed by atoms with Crippen LogP contribution < -0.4 is 11.2 Å². The number of aryl methyl sites for hydroxylation is 1. The van der Waals surface area contributed by atoms with Crippen molar-refractivity contribution in [3.8, 4) is 5.69 Å². The fourth-order valence-corrected chi connectivity index (χ4v) is 4.94. The Balaban J connectivity index is 1.91. The van der Waals surface area contributed by atoms with Crippen LogP contribution in [0.15, 0.2) is 56.7 Å². The number of rotatable bonds is 4. The number of fused-ring (bicyclic) bond motifs is 2. The van der Waals surface area contributed by atoms with Gasteiger partial charge >= 0.3 is 17.8 Å². The van der Waals surface area contributed by atoms with E-state index >= 15 is 0 Å². The van der Waals surface area contributed by atoms with Crippen molar-refractivity contribution in [2.45, 2.75) is 19.6 Å². The Kier molecular flexibility index (Phi) is 5.36. The first-order valence-corrected chi connectivity index (χ1v) is 11.3. The first-order valence-electron chi connectivity index (χ1n) is 10.4. The van der Waals surface area contributed by atoms with Gasteiger partial charge in [0.2, 0.25) is 0 Å². The van der Waals surface area contributed by atoms with Crippen LogP contribution >= 0.6 is 11.3 Å². The number of aromatic nitrogens is 3. The fraction of sp³-hybridized carbons (Fsp3) is 0.125. The molecule has 184 valence electrons. The van der Waals surface area contributed by atoms with Gasteiger partial charge in [-0.1, -0.05) is 12.1 Å². The van der Waals surface area contributed by atoms with E-state index in [4.69, 9.17) is 0 Å². The largest absolute Gasteiger partial charge is 0.477 e. The van der Waals surface area contributed by atoms with E-state index < -0.39 is 46.2 Å². The molecule has 0 radical (unpaired) electrons. The highest BCUT2D eigenvalue weighted by Gasteiger charge is 2.33. The number of thiophene rings is 1. The molecule has 2 N–H and O–H groups in total. The highest BCUT2D eigenvalue weighted by atomic mass is 32.1. The lowest BCUT2D eigenvalue weighted by molar-refractivity contribution is -0.137. The van der Waals surface area contributed by atoms with Gasteiger partial charge in [0.15, 0.2) is 5.69 Å². The number of carbonyl (C=O) groups is 1. The molecule has 0 saturated carbocycles. The van der Waals surface area contributed by atoms with E-state index in [1.54, 1.807) is 13.0 Å². The summed E-state index contributed by atoms with van der Waals surface area (Å²) in [6.45, 7) is 1.30. The second-order valence-electron chi connectivity index (χ2n) is 8.17. The summed E-state index contributed by atoms with van der Waals surface area (Å²) in [6, 6.07) is 6.77. The molecular formula is C24H15F4N3O4S. The number of carboxylic acid groups (broad SMARTS) is 1. The van der Waals surface area contributed by atoms with Gasteiger partial charge in [-0.25, -0.2) is 18.5 Å². The zero-order chi connectivity index (χ0) is 25.9. The number of alkyl halides is 3. The van der Waals surface area contributed by atoms with Crippen LogP contribution in [0.4, 0.5) is 17.6 Å². The van der Waals surface area contributed by atoms with Crippen LogP contribution in [-0.2, 0) is 12.7 Å². The second kappa shape index (κ2) is 8.19. The van der Waals surface area contributed by atoms with Crippen LogP contribution in [0.2, 0.25) is 0 Å². The molecule has 0 aliphatic rings. The highest BCUT2D eigenvalue weighted by molar-refractivity contribution is 7.09. The number of H-pyrrole nitrogens is 1. The van der Waals surface area contributed by atoms with E-state index in [2.05, 4.69) is 4.98 Å². The number of hydrogen-bond donors (Lipinski definition) is 2. The van der Waals surface area contributed by atoms with Crippen molar-refractivity contribution in [3.63, 3.8) is 0 Å². The number of nitrogens with one attached hydrogen (secondary N) is 1. The van der Waals surface area contributed by atoms with E-state index in [1.165, 1.54) is 22.9 Å². The van der Waals surface area contributed by atoms with Crippen molar-refractivity contribution >= 4 is 39.1 Å². The number of carboxylic acids is 1. The molecule has 5 rings (SSSR count). The molecule has 0 spiro atoms. The minimum absolute atomic E-state index is 0.0214. The van der Waals surface area contributed by atoms with Crippen LogP contribution in [0.3, 0.4) is 0 Å². The number of benzene rings is 2. The summed E-state index contributed by atoms with van der Waals surface area (Å²) in [5.74, 6) is -2.13. The Morgan fingerprint density at radius 2 is 1.83 bits per heavy atom. The Hall–Kier alpha value is -4.19.